The molecule has 0 aliphatic carbocycles. The van der Waals surface area contributed by atoms with Crippen molar-refractivity contribution < 1.29 is 19.2 Å². The average Bonchev–Trinajstić information content (AvgIpc) is 2.64. The maximum Gasteiger partial charge on any atom is 0.466 e. The first-order valence-corrected chi connectivity index (χ1v) is 7.24. The number of carboxylic acid groups (broad SMARTS) is 1. The summed E-state index contributed by atoms with van der Waals surface area (Å²) in [5.74, 6) is -1.39. The summed E-state index contributed by atoms with van der Waals surface area (Å²) >= 11 is 0. The number of carboxylic acids is 1. The van der Waals surface area contributed by atoms with Gasteiger partial charge in [0.15, 0.2) is 0 Å². The third-order valence-electron chi connectivity index (χ3n) is 4.44. The summed E-state index contributed by atoms with van der Waals surface area (Å²) in [7, 11) is -0.657. The Hall–Kier alpha value is -1.84. The smallest absolute Gasteiger partial charge is 0.466 e. The predicted octanol–water partition coefficient (Wildman–Crippen LogP) is 2.75. The Morgan fingerprint density at radius 1 is 1.32 bits per heavy atom. The molecule has 2 rings (SSSR count). The minimum atomic E-state index is -0.929. The molecule has 1 saturated heterocycles. The topological polar surface area (TPSA) is 79.5 Å². The van der Waals surface area contributed by atoms with E-state index in [2.05, 4.69) is 6.07 Å². The van der Waals surface area contributed by atoms with Gasteiger partial charge in [0.25, 0.3) is 0 Å². The minimum absolute atomic E-state index is 0.119. The molecular weight excluding hydrogens is 281 g/mol. The van der Waals surface area contributed by atoms with Gasteiger partial charge in [-0.05, 0) is 45.4 Å². The molecule has 0 saturated carbocycles. The lowest BCUT2D eigenvalue weighted by Crippen LogP contribution is -2.41. The Balaban J connectivity index is 2.36. The van der Waals surface area contributed by atoms with Crippen molar-refractivity contribution in [3.05, 3.63) is 35.4 Å². The molecule has 1 unspecified atom stereocenters. The van der Waals surface area contributed by atoms with Gasteiger partial charge in [0.05, 0.1) is 29.3 Å². The second-order valence-electron chi connectivity index (χ2n) is 6.57. The zero-order valence-corrected chi connectivity index (χ0v) is 13.3. The number of benzene rings is 1. The molecule has 1 fully saturated rings. The van der Waals surface area contributed by atoms with Crippen LogP contribution in [0, 0.1) is 11.3 Å². The standard InChI is InChI=1S/C16H20BNO4/c1-15(2)16(3,4)22-17(21-15)13(9-14(19)20)12-7-5-6-11(8-12)10-18/h5-8,13H,9H2,1-4H3,(H,19,20). The fourth-order valence-corrected chi connectivity index (χ4v) is 2.45. The van der Waals surface area contributed by atoms with Gasteiger partial charge in [-0.2, -0.15) is 5.26 Å². The van der Waals surface area contributed by atoms with Crippen molar-refractivity contribution in [2.45, 2.75) is 51.1 Å². The molecule has 1 aromatic rings. The van der Waals surface area contributed by atoms with E-state index in [1.165, 1.54) is 0 Å². The molecule has 22 heavy (non-hydrogen) atoms. The largest absolute Gasteiger partial charge is 0.481 e. The fraction of sp³-hybridized carbons (Fsp3) is 0.500. The normalized spacial score (nSPS) is 20.4. The number of rotatable bonds is 4. The highest BCUT2D eigenvalue weighted by Gasteiger charge is 2.54. The average molecular weight is 301 g/mol. The van der Waals surface area contributed by atoms with Gasteiger partial charge in [-0.1, -0.05) is 12.1 Å². The lowest BCUT2D eigenvalue weighted by Gasteiger charge is -2.32. The van der Waals surface area contributed by atoms with Crippen LogP contribution in [-0.4, -0.2) is 29.4 Å². The van der Waals surface area contributed by atoms with Crippen molar-refractivity contribution in [2.24, 2.45) is 0 Å². The number of nitrogens with zero attached hydrogens (tertiary/aromatic N) is 1. The van der Waals surface area contributed by atoms with Crippen LogP contribution in [0.4, 0.5) is 0 Å². The molecule has 1 aromatic carbocycles. The van der Waals surface area contributed by atoms with E-state index in [-0.39, 0.29) is 6.42 Å². The third kappa shape index (κ3) is 3.16. The van der Waals surface area contributed by atoms with Gasteiger partial charge in [-0.15, -0.1) is 0 Å². The summed E-state index contributed by atoms with van der Waals surface area (Å²) in [4.78, 5) is 11.2. The first-order chi connectivity index (χ1) is 10.2. The van der Waals surface area contributed by atoms with Crippen LogP contribution in [0.15, 0.2) is 24.3 Å². The van der Waals surface area contributed by atoms with E-state index < -0.39 is 30.1 Å². The highest BCUT2D eigenvalue weighted by molar-refractivity contribution is 6.48. The lowest BCUT2D eigenvalue weighted by molar-refractivity contribution is -0.137. The molecule has 0 amide bonds. The summed E-state index contributed by atoms with van der Waals surface area (Å²) < 4.78 is 12.0. The summed E-state index contributed by atoms with van der Waals surface area (Å²) in [5.41, 5.74) is 0.173. The van der Waals surface area contributed by atoms with Crippen molar-refractivity contribution in [2.75, 3.05) is 0 Å². The number of carbonyl (C=O) groups is 1. The van der Waals surface area contributed by atoms with Crippen molar-refractivity contribution in [3.63, 3.8) is 0 Å². The zero-order chi connectivity index (χ0) is 16.5. The van der Waals surface area contributed by atoms with E-state index in [1.807, 2.05) is 27.7 Å². The number of nitriles is 1. The summed E-state index contributed by atoms with van der Waals surface area (Å²) in [6.07, 6.45) is -0.119. The molecule has 0 spiro atoms. The molecule has 1 aliphatic heterocycles. The van der Waals surface area contributed by atoms with Gasteiger partial charge in [0.1, 0.15) is 0 Å². The van der Waals surface area contributed by atoms with Gasteiger partial charge < -0.3 is 14.4 Å². The van der Waals surface area contributed by atoms with E-state index >= 15 is 0 Å². The quantitative estimate of drug-likeness (QED) is 0.865. The Kier molecular flexibility index (Phi) is 4.32. The molecule has 6 heteroatoms. The van der Waals surface area contributed by atoms with Crippen LogP contribution in [0.2, 0.25) is 0 Å². The number of hydrogen-bond donors (Lipinski definition) is 1. The number of aliphatic carboxylic acids is 1. The third-order valence-corrected chi connectivity index (χ3v) is 4.44. The van der Waals surface area contributed by atoms with Crippen LogP contribution >= 0.6 is 0 Å². The van der Waals surface area contributed by atoms with E-state index in [4.69, 9.17) is 14.6 Å². The van der Waals surface area contributed by atoms with Crippen LogP contribution in [-0.2, 0) is 14.1 Å². The molecule has 1 N–H and O–H groups in total. The van der Waals surface area contributed by atoms with Gasteiger partial charge >= 0.3 is 13.1 Å². The van der Waals surface area contributed by atoms with E-state index in [1.54, 1.807) is 24.3 Å². The van der Waals surface area contributed by atoms with Crippen molar-refractivity contribution in [1.82, 2.24) is 0 Å². The molecule has 0 aromatic heterocycles. The van der Waals surface area contributed by atoms with E-state index in [9.17, 15) is 9.90 Å². The molecule has 5 nitrogen and oxygen atoms in total. The second kappa shape index (κ2) is 5.75. The van der Waals surface area contributed by atoms with Crippen molar-refractivity contribution in [1.29, 1.82) is 5.26 Å². The van der Waals surface area contributed by atoms with Crippen LogP contribution in [0.25, 0.3) is 0 Å². The zero-order valence-electron chi connectivity index (χ0n) is 13.3. The SMILES string of the molecule is CC1(C)OB(C(CC(=O)O)c2cccc(C#N)c2)OC1(C)C. The van der Waals surface area contributed by atoms with Crippen LogP contribution in [0.3, 0.4) is 0 Å². The lowest BCUT2D eigenvalue weighted by atomic mass is 9.66. The molecule has 1 aliphatic rings. The van der Waals surface area contributed by atoms with Crippen LogP contribution in [0.1, 0.15) is 51.1 Å². The van der Waals surface area contributed by atoms with Crippen molar-refractivity contribution in [3.8, 4) is 6.07 Å². The van der Waals surface area contributed by atoms with E-state index in [0.717, 1.165) is 5.56 Å². The van der Waals surface area contributed by atoms with Gasteiger partial charge in [0.2, 0.25) is 0 Å². The Labute approximate surface area is 131 Å². The molecule has 116 valence electrons. The molecule has 0 radical (unpaired) electrons. The van der Waals surface area contributed by atoms with Crippen LogP contribution in [0.5, 0.6) is 0 Å². The highest BCUT2D eigenvalue weighted by Crippen LogP contribution is 2.41. The maximum atomic E-state index is 11.2. The first kappa shape index (κ1) is 16.5. The Morgan fingerprint density at radius 2 is 1.91 bits per heavy atom. The summed E-state index contributed by atoms with van der Waals surface area (Å²) in [6.45, 7) is 7.71. The summed E-state index contributed by atoms with van der Waals surface area (Å²) in [6, 6.07) is 9.00. The van der Waals surface area contributed by atoms with E-state index in [0.29, 0.717) is 5.56 Å². The molecule has 0 bridgehead atoms. The number of hydrogen-bond acceptors (Lipinski definition) is 4. The van der Waals surface area contributed by atoms with Gasteiger partial charge in [-0.25, -0.2) is 0 Å². The Bertz CT molecular complexity index is 605. The Morgan fingerprint density at radius 3 is 2.41 bits per heavy atom. The molecule has 1 atom stereocenters. The highest BCUT2D eigenvalue weighted by atomic mass is 16.7. The second-order valence-corrected chi connectivity index (χ2v) is 6.57. The summed E-state index contributed by atoms with van der Waals surface area (Å²) in [5, 5.41) is 18.2. The monoisotopic (exact) mass is 301 g/mol. The maximum absolute atomic E-state index is 11.2. The predicted molar refractivity (Wildman–Crippen MR) is 82.2 cm³/mol. The minimum Gasteiger partial charge on any atom is -0.481 e. The fourth-order valence-electron chi connectivity index (χ4n) is 2.45. The van der Waals surface area contributed by atoms with Gasteiger partial charge in [-0.3, -0.25) is 4.79 Å². The first-order valence-electron chi connectivity index (χ1n) is 7.24. The molecular formula is C16H20BNO4. The molecule has 1 heterocycles. The van der Waals surface area contributed by atoms with Gasteiger partial charge in [0, 0.05) is 5.82 Å². The van der Waals surface area contributed by atoms with Crippen LogP contribution < -0.4 is 0 Å². The van der Waals surface area contributed by atoms with Crippen molar-refractivity contribution >= 4 is 13.1 Å².